The second-order valence-corrected chi connectivity index (χ2v) is 7.23. The van der Waals surface area contributed by atoms with Gasteiger partial charge < -0.3 is 5.32 Å². The van der Waals surface area contributed by atoms with Crippen molar-refractivity contribution in [2.24, 2.45) is 0 Å². The van der Waals surface area contributed by atoms with E-state index in [1.807, 2.05) is 32.2 Å². The van der Waals surface area contributed by atoms with Crippen LogP contribution >= 0.6 is 11.3 Å². The van der Waals surface area contributed by atoms with Gasteiger partial charge in [0.05, 0.1) is 10.6 Å². The van der Waals surface area contributed by atoms with Crippen LogP contribution < -0.4 is 10.0 Å². The predicted octanol–water partition coefficient (Wildman–Crippen LogP) is 2.67. The number of nitrogens with zero attached hydrogens (tertiary/aromatic N) is 1. The van der Waals surface area contributed by atoms with Gasteiger partial charge in [-0.3, -0.25) is 4.72 Å². The first kappa shape index (κ1) is 15.9. The Balaban J connectivity index is 2.31. The number of rotatable bonds is 6. The van der Waals surface area contributed by atoms with Crippen molar-refractivity contribution in [3.05, 3.63) is 40.4 Å². The van der Waals surface area contributed by atoms with Crippen LogP contribution in [0.25, 0.3) is 0 Å². The molecule has 5 nitrogen and oxygen atoms in total. The molecule has 0 fully saturated rings. The number of thiazole rings is 1. The van der Waals surface area contributed by atoms with Gasteiger partial charge in [0.2, 0.25) is 0 Å². The van der Waals surface area contributed by atoms with E-state index in [4.69, 9.17) is 0 Å². The summed E-state index contributed by atoms with van der Waals surface area (Å²) in [6.07, 6.45) is 0. The van der Waals surface area contributed by atoms with E-state index in [-0.39, 0.29) is 0 Å². The Bertz CT molecular complexity index is 724. The Morgan fingerprint density at radius 3 is 2.67 bits per heavy atom. The zero-order valence-electron chi connectivity index (χ0n) is 12.3. The van der Waals surface area contributed by atoms with Crippen LogP contribution in [0.1, 0.15) is 23.7 Å². The van der Waals surface area contributed by atoms with Gasteiger partial charge in [-0.1, -0.05) is 19.1 Å². The summed E-state index contributed by atoms with van der Waals surface area (Å²) in [7, 11) is -3.61. The third-order valence-electron chi connectivity index (χ3n) is 3.09. The van der Waals surface area contributed by atoms with Crippen LogP contribution in [0, 0.1) is 13.8 Å². The molecule has 1 aromatic carbocycles. The molecule has 0 amide bonds. The summed E-state index contributed by atoms with van der Waals surface area (Å²) in [5.74, 6) is 0. The number of sulfonamides is 1. The largest absolute Gasteiger partial charge is 0.313 e. The molecule has 0 radical (unpaired) electrons. The van der Waals surface area contributed by atoms with Gasteiger partial charge in [0.1, 0.15) is 0 Å². The Morgan fingerprint density at radius 2 is 2.05 bits per heavy atom. The molecule has 0 aliphatic rings. The number of benzene rings is 1. The Morgan fingerprint density at radius 1 is 1.29 bits per heavy atom. The molecule has 0 aliphatic carbocycles. The number of aryl methyl sites for hydroxylation is 1. The van der Waals surface area contributed by atoms with Crippen LogP contribution in [-0.2, 0) is 16.6 Å². The highest BCUT2D eigenvalue weighted by atomic mass is 32.2. The molecule has 0 unspecified atom stereocenters. The second kappa shape index (κ2) is 6.55. The lowest BCUT2D eigenvalue weighted by atomic mass is 10.1. The van der Waals surface area contributed by atoms with Crippen LogP contribution in [0.5, 0.6) is 0 Å². The van der Waals surface area contributed by atoms with Crippen molar-refractivity contribution in [2.75, 3.05) is 11.3 Å². The van der Waals surface area contributed by atoms with Crippen molar-refractivity contribution in [1.82, 2.24) is 10.3 Å². The van der Waals surface area contributed by atoms with Crippen molar-refractivity contribution in [1.29, 1.82) is 0 Å². The van der Waals surface area contributed by atoms with Gasteiger partial charge in [-0.2, -0.15) is 0 Å². The normalized spacial score (nSPS) is 11.6. The SMILES string of the molecule is CCNCc1cccc(S(=O)(=O)Nc2nc(C)cs2)c1C. The van der Waals surface area contributed by atoms with Gasteiger partial charge in [0.25, 0.3) is 10.0 Å². The number of aromatic nitrogens is 1. The average Bonchev–Trinajstić information content (AvgIpc) is 2.82. The van der Waals surface area contributed by atoms with Gasteiger partial charge in [-0.25, -0.2) is 13.4 Å². The van der Waals surface area contributed by atoms with Gasteiger partial charge in [-0.15, -0.1) is 11.3 Å². The molecule has 0 saturated heterocycles. The van der Waals surface area contributed by atoms with E-state index in [9.17, 15) is 8.42 Å². The first-order valence-electron chi connectivity index (χ1n) is 6.68. The molecule has 2 rings (SSSR count). The van der Waals surface area contributed by atoms with E-state index >= 15 is 0 Å². The molecule has 114 valence electrons. The van der Waals surface area contributed by atoms with Crippen molar-refractivity contribution in [3.63, 3.8) is 0 Å². The first-order valence-corrected chi connectivity index (χ1v) is 9.04. The zero-order valence-corrected chi connectivity index (χ0v) is 13.9. The molecule has 1 heterocycles. The van der Waals surface area contributed by atoms with E-state index in [2.05, 4.69) is 15.0 Å². The average molecular weight is 325 g/mol. The topological polar surface area (TPSA) is 71.1 Å². The fourth-order valence-corrected chi connectivity index (χ4v) is 4.20. The van der Waals surface area contributed by atoms with E-state index in [0.29, 0.717) is 16.6 Å². The Kier molecular flexibility index (Phi) is 4.97. The smallest absolute Gasteiger partial charge is 0.263 e. The molecule has 0 atom stereocenters. The molecule has 0 bridgehead atoms. The minimum atomic E-state index is -3.61. The summed E-state index contributed by atoms with van der Waals surface area (Å²) in [5.41, 5.74) is 2.55. The van der Waals surface area contributed by atoms with E-state index in [0.717, 1.165) is 23.4 Å². The van der Waals surface area contributed by atoms with Crippen molar-refractivity contribution in [3.8, 4) is 0 Å². The molecule has 0 aliphatic heterocycles. The second-order valence-electron chi connectivity index (χ2n) is 4.72. The summed E-state index contributed by atoms with van der Waals surface area (Å²) in [5, 5.41) is 5.42. The van der Waals surface area contributed by atoms with Crippen LogP contribution in [-0.4, -0.2) is 19.9 Å². The summed E-state index contributed by atoms with van der Waals surface area (Å²) in [6.45, 7) is 7.17. The lowest BCUT2D eigenvalue weighted by Crippen LogP contribution is -2.17. The third-order valence-corrected chi connectivity index (χ3v) is 5.58. The van der Waals surface area contributed by atoms with Crippen LogP contribution in [0.4, 0.5) is 5.13 Å². The van der Waals surface area contributed by atoms with Crippen LogP contribution in [0.15, 0.2) is 28.5 Å². The van der Waals surface area contributed by atoms with Crippen molar-refractivity contribution < 1.29 is 8.42 Å². The highest BCUT2D eigenvalue weighted by molar-refractivity contribution is 7.93. The van der Waals surface area contributed by atoms with Crippen LogP contribution in [0.3, 0.4) is 0 Å². The summed E-state index contributed by atoms with van der Waals surface area (Å²) < 4.78 is 27.5. The molecular formula is C14H19N3O2S2. The lowest BCUT2D eigenvalue weighted by molar-refractivity contribution is 0.600. The number of anilines is 1. The van der Waals surface area contributed by atoms with Crippen molar-refractivity contribution in [2.45, 2.75) is 32.2 Å². The minimum absolute atomic E-state index is 0.297. The Hall–Kier alpha value is -1.44. The minimum Gasteiger partial charge on any atom is -0.313 e. The summed E-state index contributed by atoms with van der Waals surface area (Å²) in [4.78, 5) is 4.44. The fourth-order valence-electron chi connectivity index (χ4n) is 1.97. The molecule has 2 N–H and O–H groups in total. The predicted molar refractivity (Wildman–Crippen MR) is 86.2 cm³/mol. The van der Waals surface area contributed by atoms with E-state index < -0.39 is 10.0 Å². The highest BCUT2D eigenvalue weighted by Crippen LogP contribution is 2.23. The number of hydrogen-bond acceptors (Lipinski definition) is 5. The quantitative estimate of drug-likeness (QED) is 0.856. The van der Waals surface area contributed by atoms with Gasteiger partial charge in [0, 0.05) is 11.9 Å². The Labute approximate surface area is 129 Å². The monoisotopic (exact) mass is 325 g/mol. The summed E-state index contributed by atoms with van der Waals surface area (Å²) >= 11 is 1.28. The van der Waals surface area contributed by atoms with E-state index in [1.165, 1.54) is 11.3 Å². The van der Waals surface area contributed by atoms with Gasteiger partial charge in [0.15, 0.2) is 5.13 Å². The molecule has 0 spiro atoms. The zero-order chi connectivity index (χ0) is 15.5. The lowest BCUT2D eigenvalue weighted by Gasteiger charge is -2.12. The van der Waals surface area contributed by atoms with Crippen LogP contribution in [0.2, 0.25) is 0 Å². The molecule has 7 heteroatoms. The highest BCUT2D eigenvalue weighted by Gasteiger charge is 2.19. The molecule has 2 aromatic rings. The maximum absolute atomic E-state index is 12.5. The maximum atomic E-state index is 12.5. The number of hydrogen-bond donors (Lipinski definition) is 2. The molecule has 1 aromatic heterocycles. The van der Waals surface area contributed by atoms with Crippen molar-refractivity contribution >= 4 is 26.5 Å². The standard InChI is InChI=1S/C14H19N3O2S2/c1-4-15-8-12-6-5-7-13(11(12)3)21(18,19)17-14-16-10(2)9-20-14/h5-7,9,15H,4,8H2,1-3H3,(H,16,17). The molecular weight excluding hydrogens is 306 g/mol. The molecule has 0 saturated carbocycles. The third kappa shape index (κ3) is 3.81. The number of nitrogens with one attached hydrogen (secondary N) is 2. The fraction of sp³-hybridized carbons (Fsp3) is 0.357. The van der Waals surface area contributed by atoms with Gasteiger partial charge in [-0.05, 0) is 37.6 Å². The summed E-state index contributed by atoms with van der Waals surface area (Å²) in [6, 6.07) is 5.32. The maximum Gasteiger partial charge on any atom is 0.263 e. The first-order chi connectivity index (χ1) is 9.94. The van der Waals surface area contributed by atoms with Gasteiger partial charge >= 0.3 is 0 Å². The van der Waals surface area contributed by atoms with E-state index in [1.54, 1.807) is 12.1 Å². The molecule has 21 heavy (non-hydrogen) atoms.